The lowest BCUT2D eigenvalue weighted by molar-refractivity contribution is 0.203. The van der Waals surface area contributed by atoms with Crippen LogP contribution in [0.25, 0.3) is 0 Å². The number of rotatable bonds is 9. The Kier molecular flexibility index (Phi) is 10.4. The first-order valence-electron chi connectivity index (χ1n) is 7.08. The van der Waals surface area contributed by atoms with Crippen molar-refractivity contribution in [1.82, 2.24) is 10.6 Å². The lowest BCUT2D eigenvalue weighted by Gasteiger charge is -2.11. The standard InChI is InChI=1S/C15H24BrN3OS/c1-17-15(19-10-11-20-2)18-9-5-6-12-21-14-8-4-3-7-13(14)16/h3-4,7-8H,5-6,9-12H2,1-2H3,(H2,17,18,19). The SMILES string of the molecule is CN=C(NCCCCSc1ccccc1Br)NCCOC. The van der Waals surface area contributed by atoms with Gasteiger partial charge in [-0.25, -0.2) is 0 Å². The van der Waals surface area contributed by atoms with Crippen molar-refractivity contribution in [3.05, 3.63) is 28.7 Å². The average molecular weight is 374 g/mol. The molecule has 0 aliphatic rings. The molecule has 0 bridgehead atoms. The number of benzene rings is 1. The molecule has 0 aliphatic heterocycles. The molecule has 0 saturated carbocycles. The second kappa shape index (κ2) is 11.9. The minimum Gasteiger partial charge on any atom is -0.383 e. The van der Waals surface area contributed by atoms with Crippen LogP contribution < -0.4 is 10.6 Å². The number of methoxy groups -OCH3 is 1. The molecule has 0 fully saturated rings. The molecule has 0 atom stereocenters. The van der Waals surface area contributed by atoms with Gasteiger partial charge in [0.15, 0.2) is 5.96 Å². The largest absolute Gasteiger partial charge is 0.383 e. The summed E-state index contributed by atoms with van der Waals surface area (Å²) < 4.78 is 6.17. The van der Waals surface area contributed by atoms with Crippen molar-refractivity contribution >= 4 is 33.7 Å². The van der Waals surface area contributed by atoms with E-state index in [9.17, 15) is 0 Å². The van der Waals surface area contributed by atoms with Gasteiger partial charge in [0.1, 0.15) is 0 Å². The summed E-state index contributed by atoms with van der Waals surface area (Å²) in [5, 5.41) is 6.50. The third-order valence-corrected chi connectivity index (χ3v) is 4.89. The summed E-state index contributed by atoms with van der Waals surface area (Å²) in [7, 11) is 3.48. The molecule has 6 heteroatoms. The molecule has 118 valence electrons. The number of nitrogens with zero attached hydrogens (tertiary/aromatic N) is 1. The smallest absolute Gasteiger partial charge is 0.191 e. The second-order valence-electron chi connectivity index (χ2n) is 4.40. The number of hydrogen-bond donors (Lipinski definition) is 2. The molecule has 0 aliphatic carbocycles. The quantitative estimate of drug-likeness (QED) is 0.302. The number of guanidine groups is 1. The van der Waals surface area contributed by atoms with Gasteiger partial charge in [0.05, 0.1) is 6.61 Å². The second-order valence-corrected chi connectivity index (χ2v) is 6.40. The molecule has 2 N–H and O–H groups in total. The molecular weight excluding hydrogens is 350 g/mol. The van der Waals surface area contributed by atoms with Crippen molar-refractivity contribution in [3.8, 4) is 0 Å². The molecule has 0 aromatic heterocycles. The molecule has 1 aromatic rings. The molecule has 0 heterocycles. The fraction of sp³-hybridized carbons (Fsp3) is 0.533. The highest BCUT2D eigenvalue weighted by Crippen LogP contribution is 2.27. The molecule has 0 unspecified atom stereocenters. The minimum atomic E-state index is 0.684. The molecule has 0 radical (unpaired) electrons. The van der Waals surface area contributed by atoms with Crippen molar-refractivity contribution in [1.29, 1.82) is 0 Å². The molecule has 21 heavy (non-hydrogen) atoms. The van der Waals surface area contributed by atoms with E-state index in [0.717, 1.165) is 31.2 Å². The van der Waals surface area contributed by atoms with E-state index in [1.165, 1.54) is 15.8 Å². The van der Waals surface area contributed by atoms with E-state index in [0.29, 0.717) is 6.61 Å². The van der Waals surface area contributed by atoms with Crippen molar-refractivity contribution in [3.63, 3.8) is 0 Å². The predicted molar refractivity (Wildman–Crippen MR) is 95.3 cm³/mol. The normalized spacial score (nSPS) is 11.5. The summed E-state index contributed by atoms with van der Waals surface area (Å²) in [6, 6.07) is 8.35. The van der Waals surface area contributed by atoms with Gasteiger partial charge in [-0.15, -0.1) is 11.8 Å². The van der Waals surface area contributed by atoms with Crippen LogP contribution >= 0.6 is 27.7 Å². The minimum absolute atomic E-state index is 0.684. The maximum atomic E-state index is 4.99. The van der Waals surface area contributed by atoms with E-state index in [4.69, 9.17) is 4.74 Å². The zero-order valence-corrected chi connectivity index (χ0v) is 15.1. The lowest BCUT2D eigenvalue weighted by atomic mass is 10.3. The summed E-state index contributed by atoms with van der Waals surface area (Å²) in [6.45, 7) is 2.39. The highest BCUT2D eigenvalue weighted by Gasteiger charge is 1.99. The number of nitrogens with one attached hydrogen (secondary N) is 2. The Morgan fingerprint density at radius 1 is 1.24 bits per heavy atom. The third-order valence-electron chi connectivity index (χ3n) is 2.78. The Morgan fingerprint density at radius 3 is 2.71 bits per heavy atom. The summed E-state index contributed by atoms with van der Waals surface area (Å²) >= 11 is 5.46. The van der Waals surface area contributed by atoms with Crippen LogP contribution in [0.3, 0.4) is 0 Å². The van der Waals surface area contributed by atoms with Crippen molar-refractivity contribution in [2.75, 3.05) is 39.6 Å². The summed E-state index contributed by atoms with van der Waals surface area (Å²) in [5.74, 6) is 1.96. The lowest BCUT2D eigenvalue weighted by Crippen LogP contribution is -2.39. The van der Waals surface area contributed by atoms with Gasteiger partial charge in [-0.1, -0.05) is 12.1 Å². The molecule has 1 rings (SSSR count). The van der Waals surface area contributed by atoms with Crippen LogP contribution in [0.4, 0.5) is 0 Å². The number of hydrogen-bond acceptors (Lipinski definition) is 3. The average Bonchev–Trinajstić information content (AvgIpc) is 2.50. The third kappa shape index (κ3) is 8.34. The zero-order chi connectivity index (χ0) is 15.3. The Balaban J connectivity index is 2.07. The fourth-order valence-electron chi connectivity index (χ4n) is 1.67. The monoisotopic (exact) mass is 373 g/mol. The number of aliphatic imine (C=N–C) groups is 1. The number of unbranched alkanes of at least 4 members (excludes halogenated alkanes) is 1. The molecule has 0 amide bonds. The van der Waals surface area contributed by atoms with E-state index in [1.54, 1.807) is 14.2 Å². The first-order chi connectivity index (χ1) is 10.3. The van der Waals surface area contributed by atoms with Gasteiger partial charge >= 0.3 is 0 Å². The van der Waals surface area contributed by atoms with Crippen LogP contribution in [-0.2, 0) is 4.74 Å². The molecular formula is C15H24BrN3OS. The molecule has 0 saturated heterocycles. The van der Waals surface area contributed by atoms with Crippen molar-refractivity contribution in [2.24, 2.45) is 4.99 Å². The van der Waals surface area contributed by atoms with Crippen LogP contribution in [0.15, 0.2) is 38.6 Å². The van der Waals surface area contributed by atoms with Crippen molar-refractivity contribution < 1.29 is 4.74 Å². The molecule has 1 aromatic carbocycles. The van der Waals surface area contributed by atoms with Gasteiger partial charge in [0.25, 0.3) is 0 Å². The van der Waals surface area contributed by atoms with Gasteiger partial charge in [-0.05, 0) is 46.7 Å². The topological polar surface area (TPSA) is 45.7 Å². The summed E-state index contributed by atoms with van der Waals surface area (Å²) in [4.78, 5) is 5.47. The first kappa shape index (κ1) is 18.3. The predicted octanol–water partition coefficient (Wildman–Crippen LogP) is 3.13. The Morgan fingerprint density at radius 2 is 2.00 bits per heavy atom. The zero-order valence-electron chi connectivity index (χ0n) is 12.7. The van der Waals surface area contributed by atoms with Crippen LogP contribution in [-0.4, -0.2) is 45.6 Å². The fourth-order valence-corrected chi connectivity index (χ4v) is 3.25. The van der Waals surface area contributed by atoms with Crippen LogP contribution in [0, 0.1) is 0 Å². The Bertz CT molecular complexity index is 429. The molecule has 4 nitrogen and oxygen atoms in total. The van der Waals surface area contributed by atoms with E-state index in [1.807, 2.05) is 17.8 Å². The number of thioether (sulfide) groups is 1. The van der Waals surface area contributed by atoms with Crippen LogP contribution in [0.1, 0.15) is 12.8 Å². The van der Waals surface area contributed by atoms with E-state index in [2.05, 4.69) is 49.8 Å². The highest BCUT2D eigenvalue weighted by atomic mass is 79.9. The maximum absolute atomic E-state index is 4.99. The molecule has 0 spiro atoms. The van der Waals surface area contributed by atoms with Gasteiger partial charge < -0.3 is 15.4 Å². The summed E-state index contributed by atoms with van der Waals surface area (Å²) in [5.41, 5.74) is 0. The highest BCUT2D eigenvalue weighted by molar-refractivity contribution is 9.10. The summed E-state index contributed by atoms with van der Waals surface area (Å²) in [6.07, 6.45) is 2.30. The van der Waals surface area contributed by atoms with Gasteiger partial charge in [0.2, 0.25) is 0 Å². The van der Waals surface area contributed by atoms with Crippen LogP contribution in [0.2, 0.25) is 0 Å². The van der Waals surface area contributed by atoms with E-state index in [-0.39, 0.29) is 0 Å². The Labute approximate surface area is 140 Å². The maximum Gasteiger partial charge on any atom is 0.191 e. The first-order valence-corrected chi connectivity index (χ1v) is 8.86. The van der Waals surface area contributed by atoms with Crippen molar-refractivity contribution in [2.45, 2.75) is 17.7 Å². The van der Waals surface area contributed by atoms with E-state index < -0.39 is 0 Å². The Hall–Kier alpha value is -0.720. The van der Waals surface area contributed by atoms with Gasteiger partial charge in [-0.3, -0.25) is 4.99 Å². The van der Waals surface area contributed by atoms with Crippen LogP contribution in [0.5, 0.6) is 0 Å². The van der Waals surface area contributed by atoms with E-state index >= 15 is 0 Å². The van der Waals surface area contributed by atoms with Gasteiger partial charge in [-0.2, -0.15) is 0 Å². The van der Waals surface area contributed by atoms with Gasteiger partial charge in [0, 0.05) is 36.6 Å². The number of ether oxygens (including phenoxy) is 1. The number of halogens is 1.